The zero-order chi connectivity index (χ0) is 16.1. The van der Waals surface area contributed by atoms with Crippen molar-refractivity contribution in [2.24, 2.45) is 0 Å². The van der Waals surface area contributed by atoms with Crippen molar-refractivity contribution >= 4 is 11.7 Å². The Morgan fingerprint density at radius 1 is 1.17 bits per heavy atom. The number of hydrogen-bond acceptors (Lipinski definition) is 5. The summed E-state index contributed by atoms with van der Waals surface area (Å²) in [7, 11) is 0. The highest BCUT2D eigenvalue weighted by Crippen LogP contribution is 2.12. The van der Waals surface area contributed by atoms with Crippen LogP contribution in [0.4, 0.5) is 10.5 Å². The normalized spacial score (nSPS) is 10.3. The van der Waals surface area contributed by atoms with Crippen molar-refractivity contribution in [3.05, 3.63) is 60.1 Å². The van der Waals surface area contributed by atoms with Gasteiger partial charge in [-0.2, -0.15) is 4.98 Å². The predicted octanol–water partition coefficient (Wildman–Crippen LogP) is 2.76. The number of benzene rings is 1. The van der Waals surface area contributed by atoms with Gasteiger partial charge in [-0.1, -0.05) is 28.9 Å². The first-order valence-corrected chi connectivity index (χ1v) is 7.06. The Bertz CT molecular complexity index is 784. The highest BCUT2D eigenvalue weighted by molar-refractivity contribution is 5.89. The molecule has 0 aliphatic carbocycles. The van der Waals surface area contributed by atoms with Gasteiger partial charge >= 0.3 is 6.03 Å². The van der Waals surface area contributed by atoms with Crippen LogP contribution in [0.3, 0.4) is 0 Å². The molecule has 0 aliphatic rings. The highest BCUT2D eigenvalue weighted by Gasteiger charge is 2.10. The molecule has 0 unspecified atom stereocenters. The van der Waals surface area contributed by atoms with E-state index in [4.69, 9.17) is 4.52 Å². The third kappa shape index (κ3) is 3.91. The number of nitrogens with one attached hydrogen (secondary N) is 2. The number of aryl methyl sites for hydroxylation is 1. The Morgan fingerprint density at radius 3 is 2.74 bits per heavy atom. The van der Waals surface area contributed by atoms with Gasteiger partial charge in [-0.15, -0.1) is 0 Å². The zero-order valence-corrected chi connectivity index (χ0v) is 12.5. The monoisotopic (exact) mass is 309 g/mol. The van der Waals surface area contributed by atoms with Crippen LogP contribution < -0.4 is 10.6 Å². The molecule has 2 heterocycles. The predicted molar refractivity (Wildman–Crippen MR) is 84.6 cm³/mol. The number of hydrogen-bond donors (Lipinski definition) is 2. The van der Waals surface area contributed by atoms with Crippen LogP contribution in [-0.2, 0) is 6.54 Å². The fraction of sp³-hybridized carbons (Fsp3) is 0.125. The van der Waals surface area contributed by atoms with Crippen LogP contribution in [0.25, 0.3) is 11.5 Å². The molecule has 1 aromatic carbocycles. The lowest BCUT2D eigenvalue weighted by Crippen LogP contribution is -2.28. The smallest absolute Gasteiger partial charge is 0.319 e. The molecule has 2 N–H and O–H groups in total. The standard InChI is InChI=1S/C16H15N5O2/c1-11-5-7-12(8-6-11)19-16(22)18-10-14-20-15(21-23-14)13-4-2-3-9-17-13/h2-9H,10H2,1H3,(H2,18,19,22). The summed E-state index contributed by atoms with van der Waals surface area (Å²) in [6, 6.07) is 12.6. The topological polar surface area (TPSA) is 92.9 Å². The van der Waals surface area contributed by atoms with Gasteiger partial charge in [-0.25, -0.2) is 4.79 Å². The number of nitrogens with zero attached hydrogens (tertiary/aromatic N) is 3. The first-order chi connectivity index (χ1) is 11.2. The van der Waals surface area contributed by atoms with Gasteiger partial charge in [0.2, 0.25) is 11.7 Å². The van der Waals surface area contributed by atoms with Gasteiger partial charge in [-0.3, -0.25) is 4.98 Å². The lowest BCUT2D eigenvalue weighted by Gasteiger charge is -2.05. The van der Waals surface area contributed by atoms with Crippen molar-refractivity contribution < 1.29 is 9.32 Å². The second-order valence-electron chi connectivity index (χ2n) is 4.90. The molecule has 7 heteroatoms. The van der Waals surface area contributed by atoms with Crippen LogP contribution in [-0.4, -0.2) is 21.2 Å². The molecule has 7 nitrogen and oxygen atoms in total. The Kier molecular flexibility index (Phi) is 4.28. The minimum atomic E-state index is -0.341. The van der Waals surface area contributed by atoms with Gasteiger partial charge in [0.15, 0.2) is 0 Å². The van der Waals surface area contributed by atoms with E-state index in [0.29, 0.717) is 23.1 Å². The largest absolute Gasteiger partial charge is 0.337 e. The average Bonchev–Trinajstić information content (AvgIpc) is 3.05. The fourth-order valence-electron chi connectivity index (χ4n) is 1.89. The molecule has 0 atom stereocenters. The zero-order valence-electron chi connectivity index (χ0n) is 12.5. The molecule has 0 fully saturated rings. The number of rotatable bonds is 4. The van der Waals surface area contributed by atoms with E-state index < -0.39 is 0 Å². The second kappa shape index (κ2) is 6.69. The first kappa shape index (κ1) is 14.7. The van der Waals surface area contributed by atoms with Gasteiger partial charge in [-0.05, 0) is 31.2 Å². The summed E-state index contributed by atoms with van der Waals surface area (Å²) in [6.07, 6.45) is 1.65. The van der Waals surface area contributed by atoms with Gasteiger partial charge < -0.3 is 15.2 Å². The lowest BCUT2D eigenvalue weighted by molar-refractivity contribution is 0.249. The van der Waals surface area contributed by atoms with E-state index in [1.54, 1.807) is 12.3 Å². The van der Waals surface area contributed by atoms with Crippen LogP contribution in [0.5, 0.6) is 0 Å². The van der Waals surface area contributed by atoms with Crippen molar-refractivity contribution in [1.82, 2.24) is 20.4 Å². The molecule has 0 saturated heterocycles. The molecule has 0 saturated carbocycles. The fourth-order valence-corrected chi connectivity index (χ4v) is 1.89. The number of urea groups is 1. The van der Waals surface area contributed by atoms with E-state index in [9.17, 15) is 4.79 Å². The van der Waals surface area contributed by atoms with E-state index in [1.807, 2.05) is 43.3 Å². The average molecular weight is 309 g/mol. The molecule has 23 heavy (non-hydrogen) atoms. The molecule has 0 radical (unpaired) electrons. The van der Waals surface area contributed by atoms with E-state index >= 15 is 0 Å². The molecule has 2 aromatic heterocycles. The van der Waals surface area contributed by atoms with Crippen LogP contribution >= 0.6 is 0 Å². The quantitative estimate of drug-likeness (QED) is 0.773. The molecule has 3 aromatic rings. The Hall–Kier alpha value is -3.22. The molecule has 0 bridgehead atoms. The maximum Gasteiger partial charge on any atom is 0.319 e. The van der Waals surface area contributed by atoms with Gasteiger partial charge in [0.05, 0.1) is 6.54 Å². The minimum Gasteiger partial charge on any atom is -0.337 e. The van der Waals surface area contributed by atoms with Crippen molar-refractivity contribution in [3.63, 3.8) is 0 Å². The SMILES string of the molecule is Cc1ccc(NC(=O)NCc2nc(-c3ccccn3)no2)cc1. The summed E-state index contributed by atoms with van der Waals surface area (Å²) in [5.41, 5.74) is 2.46. The molecular weight excluding hydrogens is 294 g/mol. The number of aromatic nitrogens is 3. The van der Waals surface area contributed by atoms with Gasteiger partial charge in [0.1, 0.15) is 5.69 Å². The van der Waals surface area contributed by atoms with E-state index in [-0.39, 0.29) is 12.6 Å². The summed E-state index contributed by atoms with van der Waals surface area (Å²) in [6.45, 7) is 2.12. The van der Waals surface area contributed by atoms with Crippen molar-refractivity contribution in [2.75, 3.05) is 5.32 Å². The molecule has 0 aliphatic heterocycles. The number of carbonyl (C=O) groups excluding carboxylic acids is 1. The molecule has 0 spiro atoms. The van der Waals surface area contributed by atoms with E-state index in [2.05, 4.69) is 25.8 Å². The lowest BCUT2D eigenvalue weighted by atomic mass is 10.2. The Balaban J connectivity index is 1.55. The number of anilines is 1. The second-order valence-corrected chi connectivity index (χ2v) is 4.90. The van der Waals surface area contributed by atoms with Crippen molar-refractivity contribution in [2.45, 2.75) is 13.5 Å². The number of amides is 2. The molecule has 116 valence electrons. The van der Waals surface area contributed by atoms with Crippen LogP contribution in [0.1, 0.15) is 11.5 Å². The van der Waals surface area contributed by atoms with Crippen molar-refractivity contribution in [3.8, 4) is 11.5 Å². The number of carbonyl (C=O) groups is 1. The third-order valence-corrected chi connectivity index (χ3v) is 3.07. The van der Waals surface area contributed by atoms with E-state index in [0.717, 1.165) is 5.56 Å². The Morgan fingerprint density at radius 2 is 2.00 bits per heavy atom. The summed E-state index contributed by atoms with van der Waals surface area (Å²) in [5, 5.41) is 9.22. The van der Waals surface area contributed by atoms with E-state index in [1.165, 1.54) is 0 Å². The molecular formula is C16H15N5O2. The third-order valence-electron chi connectivity index (χ3n) is 3.07. The van der Waals surface area contributed by atoms with Gasteiger partial charge in [0, 0.05) is 11.9 Å². The first-order valence-electron chi connectivity index (χ1n) is 7.06. The van der Waals surface area contributed by atoms with Crippen LogP contribution in [0.15, 0.2) is 53.2 Å². The molecule has 3 rings (SSSR count). The van der Waals surface area contributed by atoms with Gasteiger partial charge in [0.25, 0.3) is 0 Å². The Labute approximate surface area is 132 Å². The molecule has 2 amide bonds. The highest BCUT2D eigenvalue weighted by atomic mass is 16.5. The maximum atomic E-state index is 11.8. The summed E-state index contributed by atoms with van der Waals surface area (Å²) in [4.78, 5) is 20.1. The van der Waals surface area contributed by atoms with Crippen LogP contribution in [0, 0.1) is 6.92 Å². The number of pyridine rings is 1. The minimum absolute atomic E-state index is 0.136. The van der Waals surface area contributed by atoms with Crippen LogP contribution in [0.2, 0.25) is 0 Å². The maximum absolute atomic E-state index is 11.8. The van der Waals surface area contributed by atoms with Crippen molar-refractivity contribution in [1.29, 1.82) is 0 Å². The summed E-state index contributed by atoms with van der Waals surface area (Å²) in [5.74, 6) is 0.700. The summed E-state index contributed by atoms with van der Waals surface area (Å²) < 4.78 is 5.09. The summed E-state index contributed by atoms with van der Waals surface area (Å²) >= 11 is 0.